The first-order valence-electron chi connectivity index (χ1n) is 4.16. The number of rotatable bonds is 4. The molecular formula is C10H18FN. The quantitative estimate of drug-likeness (QED) is 0.587. The van der Waals surface area contributed by atoms with Crippen molar-refractivity contribution in [1.29, 1.82) is 0 Å². The van der Waals surface area contributed by atoms with Crippen LogP contribution in [-0.2, 0) is 0 Å². The number of nitrogens with zero attached hydrogens (tertiary/aromatic N) is 1. The van der Waals surface area contributed by atoms with Gasteiger partial charge in [0.15, 0.2) is 0 Å². The first kappa shape index (κ1) is 11.2. The van der Waals surface area contributed by atoms with Crippen LogP contribution in [0.4, 0.5) is 4.39 Å². The van der Waals surface area contributed by atoms with Crippen LogP contribution in [0.2, 0.25) is 0 Å². The van der Waals surface area contributed by atoms with Gasteiger partial charge in [0.2, 0.25) is 0 Å². The molecule has 0 unspecified atom stereocenters. The van der Waals surface area contributed by atoms with Gasteiger partial charge in [-0.25, -0.2) is 4.39 Å². The fraction of sp³-hybridized carbons (Fsp3) is 0.600. The summed E-state index contributed by atoms with van der Waals surface area (Å²) in [5.41, 5.74) is 0.000347. The maximum absolute atomic E-state index is 12.8. The summed E-state index contributed by atoms with van der Waals surface area (Å²) in [5, 5.41) is 0. The van der Waals surface area contributed by atoms with E-state index in [1.807, 2.05) is 11.9 Å². The molecule has 0 aliphatic carbocycles. The first-order valence-corrected chi connectivity index (χ1v) is 4.16. The summed E-state index contributed by atoms with van der Waals surface area (Å²) in [6.07, 6.45) is 3.66. The minimum Gasteiger partial charge on any atom is -0.373 e. The fourth-order valence-electron chi connectivity index (χ4n) is 0.662. The highest BCUT2D eigenvalue weighted by molar-refractivity contribution is 5.07. The van der Waals surface area contributed by atoms with Crippen LogP contribution in [0.3, 0.4) is 0 Å². The SMILES string of the molecule is C=C/C(F)=C\N(C)C(C)(C)CC. The molecule has 0 fully saturated rings. The Labute approximate surface area is 74.6 Å². The van der Waals surface area contributed by atoms with Crippen molar-refractivity contribution in [3.63, 3.8) is 0 Å². The Bertz CT molecular complexity index is 182. The average Bonchev–Trinajstić information content (AvgIpc) is 2.04. The van der Waals surface area contributed by atoms with Crippen LogP contribution in [0.15, 0.2) is 24.7 Å². The molecule has 0 saturated carbocycles. The zero-order chi connectivity index (χ0) is 9.78. The maximum atomic E-state index is 12.8. The Balaban J connectivity index is 4.39. The third kappa shape index (κ3) is 3.07. The molecule has 0 amide bonds. The van der Waals surface area contributed by atoms with E-state index in [-0.39, 0.29) is 11.4 Å². The average molecular weight is 171 g/mol. The zero-order valence-corrected chi connectivity index (χ0v) is 8.39. The highest BCUT2D eigenvalue weighted by atomic mass is 19.1. The Morgan fingerprint density at radius 1 is 1.58 bits per heavy atom. The van der Waals surface area contributed by atoms with Gasteiger partial charge in [-0.1, -0.05) is 13.5 Å². The van der Waals surface area contributed by atoms with Crippen molar-refractivity contribution in [1.82, 2.24) is 4.90 Å². The van der Waals surface area contributed by atoms with Crippen LogP contribution >= 0.6 is 0 Å². The van der Waals surface area contributed by atoms with Crippen molar-refractivity contribution in [2.24, 2.45) is 0 Å². The van der Waals surface area contributed by atoms with Gasteiger partial charge < -0.3 is 4.90 Å². The van der Waals surface area contributed by atoms with Gasteiger partial charge in [-0.05, 0) is 26.3 Å². The van der Waals surface area contributed by atoms with Crippen molar-refractivity contribution < 1.29 is 4.39 Å². The van der Waals surface area contributed by atoms with E-state index >= 15 is 0 Å². The third-order valence-corrected chi connectivity index (χ3v) is 2.33. The second kappa shape index (κ2) is 4.29. The summed E-state index contributed by atoms with van der Waals surface area (Å²) in [4.78, 5) is 1.87. The molecule has 0 heterocycles. The predicted molar refractivity (Wildman–Crippen MR) is 51.5 cm³/mol. The molecule has 0 saturated heterocycles. The molecule has 0 aromatic carbocycles. The van der Waals surface area contributed by atoms with Gasteiger partial charge in [0.25, 0.3) is 0 Å². The van der Waals surface area contributed by atoms with Crippen molar-refractivity contribution in [3.05, 3.63) is 24.7 Å². The third-order valence-electron chi connectivity index (χ3n) is 2.33. The van der Waals surface area contributed by atoms with E-state index in [9.17, 15) is 4.39 Å². The predicted octanol–water partition coefficient (Wildman–Crippen LogP) is 3.10. The molecule has 0 aliphatic rings. The summed E-state index contributed by atoms with van der Waals surface area (Å²) < 4.78 is 12.8. The molecule has 70 valence electrons. The Kier molecular flexibility index (Phi) is 4.01. The molecule has 0 rings (SSSR count). The van der Waals surface area contributed by atoms with Crippen LogP contribution < -0.4 is 0 Å². The fourth-order valence-corrected chi connectivity index (χ4v) is 0.662. The topological polar surface area (TPSA) is 3.24 Å². The van der Waals surface area contributed by atoms with Crippen LogP contribution in [0.25, 0.3) is 0 Å². The normalized spacial score (nSPS) is 12.9. The lowest BCUT2D eigenvalue weighted by molar-refractivity contribution is 0.213. The first-order chi connectivity index (χ1) is 5.44. The van der Waals surface area contributed by atoms with Gasteiger partial charge in [-0.2, -0.15) is 0 Å². The summed E-state index contributed by atoms with van der Waals surface area (Å²) in [5.74, 6) is -0.293. The largest absolute Gasteiger partial charge is 0.373 e. The molecule has 12 heavy (non-hydrogen) atoms. The van der Waals surface area contributed by atoms with Crippen molar-refractivity contribution in [2.75, 3.05) is 7.05 Å². The summed E-state index contributed by atoms with van der Waals surface area (Å²) in [6.45, 7) is 9.57. The van der Waals surface area contributed by atoms with Crippen LogP contribution in [0.1, 0.15) is 27.2 Å². The van der Waals surface area contributed by atoms with Gasteiger partial charge >= 0.3 is 0 Å². The maximum Gasteiger partial charge on any atom is 0.138 e. The van der Waals surface area contributed by atoms with Crippen LogP contribution in [0, 0.1) is 0 Å². The van der Waals surface area contributed by atoms with Crippen molar-refractivity contribution in [2.45, 2.75) is 32.7 Å². The summed E-state index contributed by atoms with van der Waals surface area (Å²) in [7, 11) is 1.87. The van der Waals surface area contributed by atoms with Gasteiger partial charge in [0.1, 0.15) is 5.83 Å². The summed E-state index contributed by atoms with van der Waals surface area (Å²) >= 11 is 0. The van der Waals surface area contributed by atoms with Gasteiger partial charge in [0.05, 0.1) is 0 Å². The molecule has 0 aromatic heterocycles. The van der Waals surface area contributed by atoms with E-state index in [4.69, 9.17) is 0 Å². The smallest absolute Gasteiger partial charge is 0.138 e. The molecule has 0 bridgehead atoms. The number of allylic oxidation sites excluding steroid dienone is 2. The van der Waals surface area contributed by atoms with Crippen molar-refractivity contribution in [3.8, 4) is 0 Å². The van der Waals surface area contributed by atoms with E-state index < -0.39 is 0 Å². The molecule has 0 atom stereocenters. The Morgan fingerprint density at radius 3 is 2.42 bits per heavy atom. The molecule has 1 nitrogen and oxygen atoms in total. The van der Waals surface area contributed by atoms with Gasteiger partial charge in [-0.15, -0.1) is 0 Å². The van der Waals surface area contributed by atoms with Gasteiger partial charge in [-0.3, -0.25) is 0 Å². The number of hydrogen-bond donors (Lipinski definition) is 0. The van der Waals surface area contributed by atoms with E-state index in [0.717, 1.165) is 6.42 Å². The van der Waals surface area contributed by atoms with Crippen molar-refractivity contribution >= 4 is 0 Å². The molecular weight excluding hydrogens is 153 g/mol. The van der Waals surface area contributed by atoms with E-state index in [1.54, 1.807) is 0 Å². The highest BCUT2D eigenvalue weighted by Crippen LogP contribution is 2.17. The number of halogens is 1. The molecule has 0 radical (unpaired) electrons. The lowest BCUT2D eigenvalue weighted by atomic mass is 10.0. The minimum atomic E-state index is -0.293. The monoisotopic (exact) mass is 171 g/mol. The van der Waals surface area contributed by atoms with Gasteiger partial charge in [0, 0.05) is 18.8 Å². The highest BCUT2D eigenvalue weighted by Gasteiger charge is 2.18. The Hall–Kier alpha value is -0.790. The lowest BCUT2D eigenvalue weighted by Crippen LogP contribution is -2.36. The zero-order valence-electron chi connectivity index (χ0n) is 8.39. The minimum absolute atomic E-state index is 0.000347. The number of hydrogen-bond acceptors (Lipinski definition) is 1. The van der Waals surface area contributed by atoms with E-state index in [0.29, 0.717) is 0 Å². The van der Waals surface area contributed by atoms with Crippen LogP contribution in [-0.4, -0.2) is 17.5 Å². The van der Waals surface area contributed by atoms with E-state index in [2.05, 4.69) is 27.4 Å². The molecule has 0 aromatic rings. The second-order valence-corrected chi connectivity index (χ2v) is 3.50. The molecule has 0 aliphatic heterocycles. The molecule has 0 spiro atoms. The lowest BCUT2D eigenvalue weighted by Gasteiger charge is -2.33. The molecule has 0 N–H and O–H groups in total. The van der Waals surface area contributed by atoms with E-state index in [1.165, 1.54) is 12.3 Å². The summed E-state index contributed by atoms with van der Waals surface area (Å²) in [6, 6.07) is 0. The Morgan fingerprint density at radius 2 is 2.08 bits per heavy atom. The standard InChI is InChI=1S/C10H18FN/c1-6-9(11)8-12(5)10(3,4)7-2/h6,8H,1,7H2,2-5H3/b9-8+. The van der Waals surface area contributed by atoms with Crippen LogP contribution in [0.5, 0.6) is 0 Å². The molecule has 2 heteroatoms. The second-order valence-electron chi connectivity index (χ2n) is 3.50.